The standard InChI is InChI=1S/C31H36O4/c1-3-10-23(4-2)17-18-33-21-26(32)22-34-31-29-14-9-8-11-24(29)19-25-15-16-28(20-30(25)31)35-27-12-6-5-7-13-27/h5-9,11-16,19-20,23,26,32H,3-4,10,17-18,21-22H2,1-2H3. The van der Waals surface area contributed by atoms with E-state index in [1.54, 1.807) is 0 Å². The van der Waals surface area contributed by atoms with Crippen molar-refractivity contribution in [3.63, 3.8) is 0 Å². The van der Waals surface area contributed by atoms with Crippen molar-refractivity contribution in [3.8, 4) is 17.2 Å². The van der Waals surface area contributed by atoms with Crippen LogP contribution in [-0.4, -0.2) is 31.0 Å². The molecule has 2 unspecified atom stereocenters. The lowest BCUT2D eigenvalue weighted by Crippen LogP contribution is -2.24. The number of benzene rings is 4. The van der Waals surface area contributed by atoms with Gasteiger partial charge in [0.05, 0.1) is 6.61 Å². The summed E-state index contributed by atoms with van der Waals surface area (Å²) in [6.07, 6.45) is 3.95. The summed E-state index contributed by atoms with van der Waals surface area (Å²) < 4.78 is 18.1. The molecule has 0 amide bonds. The Labute approximate surface area is 208 Å². The summed E-state index contributed by atoms with van der Waals surface area (Å²) in [5, 5.41) is 14.7. The highest BCUT2D eigenvalue weighted by Crippen LogP contribution is 2.37. The van der Waals surface area contributed by atoms with Crippen molar-refractivity contribution in [2.24, 2.45) is 5.92 Å². The Balaban J connectivity index is 1.48. The van der Waals surface area contributed by atoms with Crippen molar-refractivity contribution in [1.82, 2.24) is 0 Å². The maximum atomic E-state index is 10.6. The highest BCUT2D eigenvalue weighted by Gasteiger charge is 2.14. The molecule has 2 atom stereocenters. The van der Waals surface area contributed by atoms with Crippen molar-refractivity contribution in [3.05, 3.63) is 78.9 Å². The van der Waals surface area contributed by atoms with Gasteiger partial charge in [-0.3, -0.25) is 0 Å². The first-order valence-corrected chi connectivity index (χ1v) is 12.7. The van der Waals surface area contributed by atoms with Crippen molar-refractivity contribution in [2.75, 3.05) is 19.8 Å². The predicted molar refractivity (Wildman–Crippen MR) is 144 cm³/mol. The van der Waals surface area contributed by atoms with Crippen LogP contribution in [0.3, 0.4) is 0 Å². The van der Waals surface area contributed by atoms with Gasteiger partial charge in [0.15, 0.2) is 0 Å². The second-order valence-corrected chi connectivity index (χ2v) is 9.12. The van der Waals surface area contributed by atoms with E-state index in [1.807, 2.05) is 60.7 Å². The zero-order valence-electron chi connectivity index (χ0n) is 20.8. The number of rotatable bonds is 13. The molecular weight excluding hydrogens is 436 g/mol. The first kappa shape index (κ1) is 25.0. The van der Waals surface area contributed by atoms with Crippen LogP contribution in [-0.2, 0) is 4.74 Å². The van der Waals surface area contributed by atoms with E-state index in [9.17, 15) is 5.11 Å². The number of aliphatic hydroxyl groups is 1. The molecule has 0 saturated carbocycles. The molecule has 4 aromatic carbocycles. The maximum Gasteiger partial charge on any atom is 0.135 e. The Bertz CT molecular complexity index is 1200. The zero-order chi connectivity index (χ0) is 24.5. The molecule has 0 aliphatic heterocycles. The molecule has 0 spiro atoms. The Morgan fingerprint density at radius 2 is 1.51 bits per heavy atom. The molecule has 0 saturated heterocycles. The fraction of sp³-hybridized carbons (Fsp3) is 0.355. The minimum absolute atomic E-state index is 0.166. The van der Waals surface area contributed by atoms with Gasteiger partial charge in [-0.05, 0) is 53.4 Å². The van der Waals surface area contributed by atoms with Gasteiger partial charge in [-0.25, -0.2) is 0 Å². The summed E-state index contributed by atoms with van der Waals surface area (Å²) in [4.78, 5) is 0. The highest BCUT2D eigenvalue weighted by molar-refractivity contribution is 6.05. The molecule has 0 aliphatic carbocycles. The topological polar surface area (TPSA) is 47.9 Å². The molecule has 0 bridgehead atoms. The van der Waals surface area contributed by atoms with Crippen LogP contribution in [0.4, 0.5) is 0 Å². The van der Waals surface area contributed by atoms with E-state index < -0.39 is 6.10 Å². The van der Waals surface area contributed by atoms with E-state index in [1.165, 1.54) is 19.3 Å². The number of hydrogen-bond donors (Lipinski definition) is 1. The number of ether oxygens (including phenoxy) is 3. The minimum Gasteiger partial charge on any atom is -0.489 e. The van der Waals surface area contributed by atoms with Gasteiger partial charge in [0.2, 0.25) is 0 Å². The second-order valence-electron chi connectivity index (χ2n) is 9.12. The van der Waals surface area contributed by atoms with E-state index >= 15 is 0 Å². The molecule has 184 valence electrons. The summed E-state index contributed by atoms with van der Waals surface area (Å²) in [6.45, 7) is 5.56. The van der Waals surface area contributed by atoms with E-state index in [0.29, 0.717) is 12.5 Å². The van der Waals surface area contributed by atoms with Crippen molar-refractivity contribution >= 4 is 21.5 Å². The van der Waals surface area contributed by atoms with Gasteiger partial charge >= 0.3 is 0 Å². The smallest absolute Gasteiger partial charge is 0.135 e. The summed E-state index contributed by atoms with van der Waals surface area (Å²) >= 11 is 0. The van der Waals surface area contributed by atoms with Crippen LogP contribution in [0.5, 0.6) is 17.2 Å². The summed E-state index contributed by atoms with van der Waals surface area (Å²) in [7, 11) is 0. The largest absolute Gasteiger partial charge is 0.489 e. The van der Waals surface area contributed by atoms with Crippen LogP contribution in [0, 0.1) is 5.92 Å². The lowest BCUT2D eigenvalue weighted by molar-refractivity contribution is 0.00842. The molecule has 4 aromatic rings. The molecule has 0 fully saturated rings. The predicted octanol–water partition coefficient (Wildman–Crippen LogP) is 7.76. The van der Waals surface area contributed by atoms with Gasteiger partial charge in [-0.2, -0.15) is 0 Å². The maximum absolute atomic E-state index is 10.6. The molecule has 0 heterocycles. The van der Waals surface area contributed by atoms with Crippen LogP contribution in [0.1, 0.15) is 39.5 Å². The monoisotopic (exact) mass is 472 g/mol. The number of hydrogen-bond acceptors (Lipinski definition) is 4. The van der Waals surface area contributed by atoms with Gasteiger partial charge in [0.25, 0.3) is 0 Å². The molecule has 4 nitrogen and oxygen atoms in total. The molecular formula is C31H36O4. The van der Waals surface area contributed by atoms with Crippen LogP contribution in [0.2, 0.25) is 0 Å². The molecule has 1 N–H and O–H groups in total. The van der Waals surface area contributed by atoms with E-state index in [-0.39, 0.29) is 13.2 Å². The molecule has 4 rings (SSSR count). The van der Waals surface area contributed by atoms with Crippen molar-refractivity contribution < 1.29 is 19.3 Å². The fourth-order valence-electron chi connectivity index (χ4n) is 4.50. The molecule has 0 aromatic heterocycles. The van der Waals surface area contributed by atoms with Gasteiger partial charge in [-0.1, -0.05) is 81.6 Å². The third kappa shape index (κ3) is 6.74. The molecule has 4 heteroatoms. The third-order valence-corrected chi connectivity index (χ3v) is 6.44. The number of para-hydroxylation sites is 1. The summed E-state index contributed by atoms with van der Waals surface area (Å²) in [5.74, 6) is 2.98. The summed E-state index contributed by atoms with van der Waals surface area (Å²) in [5.41, 5.74) is 0. The van der Waals surface area contributed by atoms with Crippen LogP contribution < -0.4 is 9.47 Å². The van der Waals surface area contributed by atoms with Crippen LogP contribution >= 0.6 is 0 Å². The summed E-state index contributed by atoms with van der Waals surface area (Å²) in [6, 6.07) is 26.1. The molecule has 0 radical (unpaired) electrons. The van der Waals surface area contributed by atoms with Gasteiger partial charge in [0.1, 0.15) is 30.0 Å². The zero-order valence-corrected chi connectivity index (χ0v) is 20.8. The minimum atomic E-state index is -0.695. The van der Waals surface area contributed by atoms with Gasteiger partial charge in [0, 0.05) is 17.4 Å². The Morgan fingerprint density at radius 3 is 2.31 bits per heavy atom. The number of fused-ring (bicyclic) bond motifs is 2. The van der Waals surface area contributed by atoms with Crippen molar-refractivity contribution in [1.29, 1.82) is 0 Å². The van der Waals surface area contributed by atoms with Crippen molar-refractivity contribution in [2.45, 2.75) is 45.6 Å². The molecule has 0 aliphatic rings. The quantitative estimate of drug-likeness (QED) is 0.160. The Hall–Kier alpha value is -3.08. The second kappa shape index (κ2) is 12.6. The van der Waals surface area contributed by atoms with E-state index in [2.05, 4.69) is 32.0 Å². The van der Waals surface area contributed by atoms with Crippen LogP contribution in [0.15, 0.2) is 78.9 Å². The SMILES string of the molecule is CCCC(CC)CCOCC(O)COc1c2ccccc2cc2ccc(Oc3ccccc3)cc12. The van der Waals surface area contributed by atoms with Crippen LogP contribution in [0.25, 0.3) is 21.5 Å². The lowest BCUT2D eigenvalue weighted by Gasteiger charge is -2.18. The third-order valence-electron chi connectivity index (χ3n) is 6.44. The normalized spacial score (nSPS) is 13.1. The fourth-order valence-corrected chi connectivity index (χ4v) is 4.50. The van der Waals surface area contributed by atoms with E-state index in [0.717, 1.165) is 45.2 Å². The Morgan fingerprint density at radius 1 is 0.743 bits per heavy atom. The lowest BCUT2D eigenvalue weighted by atomic mass is 9.98. The van der Waals surface area contributed by atoms with E-state index in [4.69, 9.17) is 14.2 Å². The van der Waals surface area contributed by atoms with Gasteiger partial charge < -0.3 is 19.3 Å². The number of aliphatic hydroxyl groups excluding tert-OH is 1. The first-order valence-electron chi connectivity index (χ1n) is 12.7. The first-order chi connectivity index (χ1) is 17.2. The average Bonchev–Trinajstić information content (AvgIpc) is 2.89. The molecule has 35 heavy (non-hydrogen) atoms. The average molecular weight is 473 g/mol. The van der Waals surface area contributed by atoms with Gasteiger partial charge in [-0.15, -0.1) is 0 Å². The highest BCUT2D eigenvalue weighted by atomic mass is 16.5. The Kier molecular flexibility index (Phi) is 8.99.